The summed E-state index contributed by atoms with van der Waals surface area (Å²) in [6.45, 7) is 10.9. The van der Waals surface area contributed by atoms with Crippen LogP contribution < -0.4 is 15.4 Å². The number of thiazole rings is 1. The van der Waals surface area contributed by atoms with Gasteiger partial charge in [0.25, 0.3) is 0 Å². The van der Waals surface area contributed by atoms with Crippen molar-refractivity contribution in [2.75, 3.05) is 19.7 Å². The van der Waals surface area contributed by atoms with Gasteiger partial charge in [0, 0.05) is 11.4 Å². The number of hydrogen-bond donors (Lipinski definition) is 2. The van der Waals surface area contributed by atoms with Crippen LogP contribution in [0.2, 0.25) is 0 Å². The largest absolute Gasteiger partial charge is 0.492 e. The molecule has 6 heteroatoms. The Morgan fingerprint density at radius 2 is 1.92 bits per heavy atom. The molecular formula is C18H26N4OS. The predicted molar refractivity (Wildman–Crippen MR) is 101 cm³/mol. The van der Waals surface area contributed by atoms with Crippen molar-refractivity contribution in [3.05, 3.63) is 45.4 Å². The Labute approximate surface area is 148 Å². The summed E-state index contributed by atoms with van der Waals surface area (Å²) >= 11 is 1.70. The first-order valence-corrected chi connectivity index (χ1v) is 9.04. The maximum atomic E-state index is 5.72. The summed E-state index contributed by atoms with van der Waals surface area (Å²) < 4.78 is 5.72. The van der Waals surface area contributed by atoms with E-state index in [1.807, 2.05) is 31.2 Å². The van der Waals surface area contributed by atoms with Crippen LogP contribution in [0.15, 0.2) is 29.3 Å². The minimum atomic E-state index is 0.586. The molecule has 0 radical (unpaired) electrons. The van der Waals surface area contributed by atoms with Crippen molar-refractivity contribution < 1.29 is 4.74 Å². The number of nitrogens with zero attached hydrogens (tertiary/aromatic N) is 2. The summed E-state index contributed by atoms with van der Waals surface area (Å²) in [6.07, 6.45) is 0. The van der Waals surface area contributed by atoms with E-state index in [2.05, 4.69) is 41.4 Å². The van der Waals surface area contributed by atoms with Gasteiger partial charge in [-0.1, -0.05) is 17.7 Å². The van der Waals surface area contributed by atoms with Crippen LogP contribution in [0.5, 0.6) is 5.75 Å². The third-order valence-corrected chi connectivity index (χ3v) is 4.53. The molecule has 0 spiro atoms. The molecule has 0 aliphatic carbocycles. The molecule has 1 aromatic carbocycles. The van der Waals surface area contributed by atoms with E-state index >= 15 is 0 Å². The second-order valence-electron chi connectivity index (χ2n) is 5.53. The van der Waals surface area contributed by atoms with Gasteiger partial charge in [-0.3, -0.25) is 0 Å². The van der Waals surface area contributed by atoms with Gasteiger partial charge in [0.05, 0.1) is 18.8 Å². The van der Waals surface area contributed by atoms with E-state index in [1.165, 1.54) is 10.4 Å². The molecule has 130 valence electrons. The van der Waals surface area contributed by atoms with Crippen LogP contribution in [-0.4, -0.2) is 30.6 Å². The molecule has 0 saturated heterocycles. The molecule has 0 aliphatic heterocycles. The zero-order valence-electron chi connectivity index (χ0n) is 14.8. The maximum absolute atomic E-state index is 5.72. The Morgan fingerprint density at radius 3 is 2.54 bits per heavy atom. The lowest BCUT2D eigenvalue weighted by atomic mass is 10.2. The predicted octanol–water partition coefficient (Wildman–Crippen LogP) is 3.20. The van der Waals surface area contributed by atoms with Crippen LogP contribution in [0.3, 0.4) is 0 Å². The third kappa shape index (κ3) is 5.85. The third-order valence-electron chi connectivity index (χ3n) is 3.47. The average molecular weight is 347 g/mol. The van der Waals surface area contributed by atoms with Gasteiger partial charge in [-0.05, 0) is 39.8 Å². The van der Waals surface area contributed by atoms with Crippen LogP contribution in [0.25, 0.3) is 0 Å². The topological polar surface area (TPSA) is 58.5 Å². The highest BCUT2D eigenvalue weighted by atomic mass is 32.1. The second kappa shape index (κ2) is 9.27. The van der Waals surface area contributed by atoms with Crippen molar-refractivity contribution in [1.82, 2.24) is 15.6 Å². The zero-order valence-corrected chi connectivity index (χ0v) is 15.7. The lowest BCUT2D eigenvalue weighted by Crippen LogP contribution is -2.39. The van der Waals surface area contributed by atoms with Gasteiger partial charge in [-0.25, -0.2) is 9.98 Å². The summed E-state index contributed by atoms with van der Waals surface area (Å²) in [7, 11) is 0. The Morgan fingerprint density at radius 1 is 1.17 bits per heavy atom. The number of aromatic nitrogens is 1. The molecule has 1 aromatic heterocycles. The fraction of sp³-hybridized carbons (Fsp3) is 0.444. The smallest absolute Gasteiger partial charge is 0.191 e. The quantitative estimate of drug-likeness (QED) is 0.459. The molecule has 0 aliphatic rings. The van der Waals surface area contributed by atoms with Crippen LogP contribution in [0, 0.1) is 20.8 Å². The minimum Gasteiger partial charge on any atom is -0.492 e. The number of benzene rings is 1. The number of aryl methyl sites for hydroxylation is 3. The van der Waals surface area contributed by atoms with E-state index in [4.69, 9.17) is 4.74 Å². The van der Waals surface area contributed by atoms with Gasteiger partial charge in [0.15, 0.2) is 5.96 Å². The van der Waals surface area contributed by atoms with Crippen molar-refractivity contribution in [3.63, 3.8) is 0 Å². The van der Waals surface area contributed by atoms with Crippen molar-refractivity contribution >= 4 is 17.3 Å². The van der Waals surface area contributed by atoms with E-state index in [-0.39, 0.29) is 0 Å². The standard InChI is InChI=1S/C18H26N4OS/c1-5-19-18(21-12-17-22-14(3)15(4)24-17)20-10-11-23-16-8-6-13(2)7-9-16/h6-9H,5,10-12H2,1-4H3,(H2,19,20,21). The van der Waals surface area contributed by atoms with Crippen LogP contribution >= 0.6 is 11.3 Å². The molecule has 1 heterocycles. The first kappa shape index (κ1) is 18.3. The summed E-state index contributed by atoms with van der Waals surface area (Å²) in [4.78, 5) is 10.4. The monoisotopic (exact) mass is 346 g/mol. The molecule has 0 fully saturated rings. The normalized spacial score (nSPS) is 11.4. The molecule has 2 rings (SSSR count). The van der Waals surface area contributed by atoms with Gasteiger partial charge in [-0.2, -0.15) is 0 Å². The molecule has 0 saturated carbocycles. The number of nitrogens with one attached hydrogen (secondary N) is 2. The van der Waals surface area contributed by atoms with Gasteiger partial charge in [0.2, 0.25) is 0 Å². The highest BCUT2D eigenvalue weighted by Gasteiger charge is 2.04. The number of aliphatic imine (C=N–C) groups is 1. The van der Waals surface area contributed by atoms with Gasteiger partial charge in [-0.15, -0.1) is 11.3 Å². The summed E-state index contributed by atoms with van der Waals surface area (Å²) in [6, 6.07) is 8.07. The Kier molecular flexibility index (Phi) is 7.06. The highest BCUT2D eigenvalue weighted by molar-refractivity contribution is 7.11. The van der Waals surface area contributed by atoms with Gasteiger partial charge >= 0.3 is 0 Å². The lowest BCUT2D eigenvalue weighted by Gasteiger charge is -2.12. The summed E-state index contributed by atoms with van der Waals surface area (Å²) in [5.41, 5.74) is 2.32. The highest BCUT2D eigenvalue weighted by Crippen LogP contribution is 2.16. The van der Waals surface area contributed by atoms with Crippen molar-refractivity contribution in [2.24, 2.45) is 4.99 Å². The second-order valence-corrected chi connectivity index (χ2v) is 6.82. The van der Waals surface area contributed by atoms with Crippen molar-refractivity contribution in [3.8, 4) is 5.75 Å². The van der Waals surface area contributed by atoms with E-state index in [0.717, 1.165) is 29.0 Å². The van der Waals surface area contributed by atoms with Crippen LogP contribution in [0.4, 0.5) is 0 Å². The molecule has 24 heavy (non-hydrogen) atoms. The molecule has 2 N–H and O–H groups in total. The molecule has 5 nitrogen and oxygen atoms in total. The summed E-state index contributed by atoms with van der Waals surface area (Å²) in [5.74, 6) is 1.67. The summed E-state index contributed by atoms with van der Waals surface area (Å²) in [5, 5.41) is 7.57. The van der Waals surface area contributed by atoms with Gasteiger partial charge < -0.3 is 15.4 Å². The molecule has 0 unspecified atom stereocenters. The molecule has 2 aromatic rings. The van der Waals surface area contributed by atoms with Crippen molar-refractivity contribution in [1.29, 1.82) is 0 Å². The number of ether oxygens (including phenoxy) is 1. The number of guanidine groups is 1. The number of rotatable bonds is 7. The van der Waals surface area contributed by atoms with E-state index < -0.39 is 0 Å². The molecule has 0 bridgehead atoms. The Hall–Kier alpha value is -2.08. The lowest BCUT2D eigenvalue weighted by molar-refractivity contribution is 0.322. The minimum absolute atomic E-state index is 0.586. The first-order valence-electron chi connectivity index (χ1n) is 8.23. The Bertz CT molecular complexity index is 645. The van der Waals surface area contributed by atoms with Crippen LogP contribution in [0.1, 0.15) is 28.1 Å². The maximum Gasteiger partial charge on any atom is 0.191 e. The van der Waals surface area contributed by atoms with Gasteiger partial charge in [0.1, 0.15) is 17.4 Å². The Balaban J connectivity index is 1.79. The van der Waals surface area contributed by atoms with E-state index in [0.29, 0.717) is 19.7 Å². The molecule has 0 atom stereocenters. The fourth-order valence-electron chi connectivity index (χ4n) is 2.07. The molecule has 0 amide bonds. The van der Waals surface area contributed by atoms with E-state index in [1.54, 1.807) is 11.3 Å². The van der Waals surface area contributed by atoms with Crippen LogP contribution in [-0.2, 0) is 6.54 Å². The zero-order chi connectivity index (χ0) is 17.4. The SMILES string of the molecule is CCNC(=NCc1nc(C)c(C)s1)NCCOc1ccc(C)cc1. The van der Waals surface area contributed by atoms with E-state index in [9.17, 15) is 0 Å². The fourth-order valence-corrected chi connectivity index (χ4v) is 2.93. The van der Waals surface area contributed by atoms with Crippen molar-refractivity contribution in [2.45, 2.75) is 34.2 Å². The number of hydrogen-bond acceptors (Lipinski definition) is 4. The first-order chi connectivity index (χ1) is 11.6. The average Bonchev–Trinajstić information content (AvgIpc) is 2.89. The molecular weight excluding hydrogens is 320 g/mol.